The average Bonchev–Trinajstić information content (AvgIpc) is 2.36. The fourth-order valence-corrected chi connectivity index (χ4v) is 1.85. The van der Waals surface area contributed by atoms with Gasteiger partial charge in [0.05, 0.1) is 17.7 Å². The highest BCUT2D eigenvalue weighted by Gasteiger charge is 2.22. The molecule has 0 aliphatic heterocycles. The van der Waals surface area contributed by atoms with E-state index < -0.39 is 27.8 Å². The first-order valence-electron chi connectivity index (χ1n) is 5.41. The number of primary sulfonamides is 1. The Kier molecular flexibility index (Phi) is 4.69. The number of hydrogen-bond acceptors (Lipinski definition) is 5. The van der Waals surface area contributed by atoms with E-state index in [4.69, 9.17) is 15.0 Å². The molecule has 0 heterocycles. The van der Waals surface area contributed by atoms with Crippen molar-refractivity contribution in [1.29, 1.82) is 0 Å². The first-order chi connectivity index (χ1) is 9.16. The molecule has 1 amide bonds. The minimum absolute atomic E-state index is 0.0251. The molecule has 0 fully saturated rings. The van der Waals surface area contributed by atoms with Gasteiger partial charge in [0.15, 0.2) is 0 Å². The van der Waals surface area contributed by atoms with E-state index in [1.165, 1.54) is 26.2 Å². The van der Waals surface area contributed by atoms with E-state index in [0.717, 1.165) is 6.07 Å². The Morgan fingerprint density at radius 1 is 1.40 bits per heavy atom. The summed E-state index contributed by atoms with van der Waals surface area (Å²) in [5.41, 5.74) is 0.0251. The molecular formula is C11H14N2O6S. The summed E-state index contributed by atoms with van der Waals surface area (Å²) >= 11 is 0. The Balaban J connectivity index is 3.16. The lowest BCUT2D eigenvalue weighted by molar-refractivity contribution is -0.144. The molecule has 1 atom stereocenters. The van der Waals surface area contributed by atoms with Gasteiger partial charge in [-0.1, -0.05) is 0 Å². The van der Waals surface area contributed by atoms with Crippen LogP contribution in [0.15, 0.2) is 23.1 Å². The molecule has 0 saturated heterocycles. The van der Waals surface area contributed by atoms with Gasteiger partial charge < -0.3 is 15.2 Å². The van der Waals surface area contributed by atoms with Crippen LogP contribution in [0.1, 0.15) is 6.92 Å². The van der Waals surface area contributed by atoms with Crippen LogP contribution in [0.4, 0.5) is 5.69 Å². The van der Waals surface area contributed by atoms with Gasteiger partial charge in [-0.3, -0.25) is 9.59 Å². The minimum atomic E-state index is -3.95. The number of sulfonamides is 1. The topological polar surface area (TPSA) is 136 Å². The molecule has 0 radical (unpaired) electrons. The van der Waals surface area contributed by atoms with Crippen LogP contribution in [0.3, 0.4) is 0 Å². The van der Waals surface area contributed by atoms with Crippen molar-refractivity contribution < 1.29 is 27.9 Å². The van der Waals surface area contributed by atoms with Crippen molar-refractivity contribution in [3.05, 3.63) is 18.2 Å². The van der Waals surface area contributed by atoms with Crippen LogP contribution in [-0.4, -0.2) is 32.5 Å². The predicted octanol–water partition coefficient (Wildman–Crippen LogP) is 0.00180. The molecule has 0 aliphatic rings. The monoisotopic (exact) mass is 302 g/mol. The molecule has 20 heavy (non-hydrogen) atoms. The highest BCUT2D eigenvalue weighted by molar-refractivity contribution is 7.89. The Hall–Kier alpha value is -2.13. The largest absolute Gasteiger partial charge is 0.495 e. The second-order valence-corrected chi connectivity index (χ2v) is 5.52. The lowest BCUT2D eigenvalue weighted by atomic mass is 10.1. The number of methoxy groups -OCH3 is 1. The van der Waals surface area contributed by atoms with Crippen LogP contribution < -0.4 is 15.2 Å². The van der Waals surface area contributed by atoms with Gasteiger partial charge in [0.25, 0.3) is 0 Å². The summed E-state index contributed by atoms with van der Waals surface area (Å²) < 4.78 is 27.4. The quantitative estimate of drug-likeness (QED) is 0.655. The number of nitrogens with two attached hydrogens (primary N) is 1. The van der Waals surface area contributed by atoms with Gasteiger partial charge in [0.2, 0.25) is 15.9 Å². The highest BCUT2D eigenvalue weighted by atomic mass is 32.2. The molecule has 0 aromatic heterocycles. The number of aliphatic carboxylic acids is 1. The van der Waals surface area contributed by atoms with E-state index in [-0.39, 0.29) is 16.3 Å². The van der Waals surface area contributed by atoms with Gasteiger partial charge in [0.1, 0.15) is 11.7 Å². The highest BCUT2D eigenvalue weighted by Crippen LogP contribution is 2.27. The second-order valence-electron chi connectivity index (χ2n) is 3.96. The maximum absolute atomic E-state index is 11.7. The Morgan fingerprint density at radius 2 is 2.00 bits per heavy atom. The number of carbonyl (C=O) groups is 2. The summed E-state index contributed by atoms with van der Waals surface area (Å²) in [6, 6.07) is 3.62. The number of anilines is 1. The molecule has 0 aliphatic carbocycles. The summed E-state index contributed by atoms with van der Waals surface area (Å²) in [6.45, 7) is 1.20. The van der Waals surface area contributed by atoms with Gasteiger partial charge in [-0.2, -0.15) is 0 Å². The third-order valence-electron chi connectivity index (χ3n) is 2.52. The fourth-order valence-electron chi connectivity index (χ4n) is 1.31. The lowest BCUT2D eigenvalue weighted by Gasteiger charge is -2.13. The average molecular weight is 302 g/mol. The molecule has 0 spiro atoms. The van der Waals surface area contributed by atoms with Crippen molar-refractivity contribution in [2.75, 3.05) is 12.4 Å². The summed E-state index contributed by atoms with van der Waals surface area (Å²) in [6.07, 6.45) is 0. The van der Waals surface area contributed by atoms with Crippen LogP contribution in [-0.2, 0) is 19.6 Å². The Bertz CT molecular complexity index is 640. The zero-order valence-electron chi connectivity index (χ0n) is 10.8. The summed E-state index contributed by atoms with van der Waals surface area (Å²) in [4.78, 5) is 22.1. The number of carboxylic acids is 1. The molecule has 9 heteroatoms. The Labute approximate surface area is 115 Å². The maximum atomic E-state index is 11.7. The molecule has 0 saturated carbocycles. The molecule has 1 aromatic carbocycles. The first kappa shape index (κ1) is 15.9. The number of benzene rings is 1. The number of hydrogen-bond donors (Lipinski definition) is 3. The lowest BCUT2D eigenvalue weighted by Crippen LogP contribution is -2.27. The zero-order chi connectivity index (χ0) is 15.5. The van der Waals surface area contributed by atoms with Gasteiger partial charge in [-0.15, -0.1) is 0 Å². The number of nitrogens with one attached hydrogen (secondary N) is 1. The van der Waals surface area contributed by atoms with E-state index in [0.29, 0.717) is 0 Å². The van der Waals surface area contributed by atoms with Crippen LogP contribution in [0.5, 0.6) is 5.75 Å². The van der Waals surface area contributed by atoms with Crippen molar-refractivity contribution in [2.24, 2.45) is 11.1 Å². The SMILES string of the molecule is COc1ccc(S(N)(=O)=O)cc1NC(=O)C(C)C(=O)O. The van der Waals surface area contributed by atoms with Crippen LogP contribution in [0.25, 0.3) is 0 Å². The van der Waals surface area contributed by atoms with E-state index >= 15 is 0 Å². The molecule has 1 rings (SSSR count). The van der Waals surface area contributed by atoms with Crippen molar-refractivity contribution >= 4 is 27.6 Å². The molecule has 4 N–H and O–H groups in total. The van der Waals surface area contributed by atoms with Crippen LogP contribution in [0, 0.1) is 5.92 Å². The van der Waals surface area contributed by atoms with Crippen molar-refractivity contribution in [3.63, 3.8) is 0 Å². The van der Waals surface area contributed by atoms with Crippen molar-refractivity contribution in [2.45, 2.75) is 11.8 Å². The van der Waals surface area contributed by atoms with Crippen molar-refractivity contribution in [3.8, 4) is 5.75 Å². The fraction of sp³-hybridized carbons (Fsp3) is 0.273. The number of amides is 1. The number of carbonyl (C=O) groups excluding carboxylic acids is 1. The summed E-state index contributed by atoms with van der Waals surface area (Å²) in [5.74, 6) is -3.22. The molecule has 110 valence electrons. The van der Waals surface area contributed by atoms with E-state index in [1.54, 1.807) is 0 Å². The standard InChI is InChI=1S/C11H14N2O6S/c1-6(11(15)16)10(14)13-8-5-7(20(12,17)18)3-4-9(8)19-2/h3-6H,1-2H3,(H,13,14)(H,15,16)(H2,12,17,18). The number of ether oxygens (including phenoxy) is 1. The number of rotatable bonds is 5. The molecule has 1 aromatic rings. The van der Waals surface area contributed by atoms with Gasteiger partial charge in [0, 0.05) is 0 Å². The predicted molar refractivity (Wildman–Crippen MR) is 69.8 cm³/mol. The van der Waals surface area contributed by atoms with E-state index in [9.17, 15) is 18.0 Å². The van der Waals surface area contributed by atoms with Gasteiger partial charge >= 0.3 is 5.97 Å². The third-order valence-corrected chi connectivity index (χ3v) is 3.43. The Morgan fingerprint density at radius 3 is 2.45 bits per heavy atom. The zero-order valence-corrected chi connectivity index (χ0v) is 11.6. The van der Waals surface area contributed by atoms with Gasteiger partial charge in [-0.05, 0) is 25.1 Å². The van der Waals surface area contributed by atoms with Crippen molar-refractivity contribution in [1.82, 2.24) is 0 Å². The molecule has 8 nitrogen and oxygen atoms in total. The molecule has 1 unspecified atom stereocenters. The molecule has 0 bridgehead atoms. The smallest absolute Gasteiger partial charge is 0.315 e. The third kappa shape index (κ3) is 3.68. The summed E-state index contributed by atoms with van der Waals surface area (Å²) in [7, 11) is -2.62. The van der Waals surface area contributed by atoms with E-state index in [1.807, 2.05) is 0 Å². The van der Waals surface area contributed by atoms with E-state index in [2.05, 4.69) is 5.32 Å². The number of carboxylic acid groups (broad SMARTS) is 1. The molecular weight excluding hydrogens is 288 g/mol. The van der Waals surface area contributed by atoms with Crippen LogP contribution >= 0.6 is 0 Å². The first-order valence-corrected chi connectivity index (χ1v) is 6.96. The van der Waals surface area contributed by atoms with Gasteiger partial charge in [-0.25, -0.2) is 13.6 Å². The minimum Gasteiger partial charge on any atom is -0.495 e. The second kappa shape index (κ2) is 5.88. The van der Waals surface area contributed by atoms with Crippen LogP contribution in [0.2, 0.25) is 0 Å². The normalized spacial score (nSPS) is 12.6. The summed E-state index contributed by atoms with van der Waals surface area (Å²) in [5, 5.41) is 16.0. The maximum Gasteiger partial charge on any atom is 0.315 e.